The number of hydrogen-bond acceptors (Lipinski definition) is 7. The van der Waals surface area contributed by atoms with Gasteiger partial charge in [-0.25, -0.2) is 20.4 Å². The van der Waals surface area contributed by atoms with E-state index in [0.29, 0.717) is 0 Å². The van der Waals surface area contributed by atoms with Crippen molar-refractivity contribution in [1.29, 1.82) is 0 Å². The van der Waals surface area contributed by atoms with E-state index in [4.69, 9.17) is 9.97 Å². The van der Waals surface area contributed by atoms with Crippen molar-refractivity contribution in [1.82, 2.24) is 25.8 Å². The molecule has 0 radical (unpaired) electrons. The highest BCUT2D eigenvalue weighted by atomic mass is 32.1. The smallest absolute Gasteiger partial charge is 0.171 e. The Morgan fingerprint density at radius 2 is 1.92 bits per heavy atom. The molecule has 2 aliphatic rings. The SMILES string of the molecule is C1=C(c2ccc3sc(-c4ccc(N5CCCCC5)nc4)nc3n2)CNN1. The van der Waals surface area contributed by atoms with Crippen molar-refractivity contribution in [2.45, 2.75) is 19.3 Å². The van der Waals surface area contributed by atoms with Crippen LogP contribution in [-0.4, -0.2) is 34.6 Å². The number of thiazole rings is 1. The first kappa shape index (κ1) is 15.7. The average molecular weight is 364 g/mol. The predicted molar refractivity (Wildman–Crippen MR) is 106 cm³/mol. The highest BCUT2D eigenvalue weighted by molar-refractivity contribution is 7.21. The molecule has 2 aliphatic heterocycles. The van der Waals surface area contributed by atoms with Crippen molar-refractivity contribution < 1.29 is 0 Å². The number of pyridine rings is 2. The van der Waals surface area contributed by atoms with Gasteiger partial charge in [-0.05, 0) is 43.5 Å². The third-order valence-corrected chi connectivity index (χ3v) is 5.94. The number of anilines is 1. The molecule has 0 saturated carbocycles. The van der Waals surface area contributed by atoms with Crippen molar-refractivity contribution in [3.63, 3.8) is 0 Å². The normalized spacial score (nSPS) is 17.4. The van der Waals surface area contributed by atoms with Crippen LogP contribution in [-0.2, 0) is 0 Å². The van der Waals surface area contributed by atoms with Crippen LogP contribution in [0.3, 0.4) is 0 Å². The van der Waals surface area contributed by atoms with Crippen LogP contribution in [0.4, 0.5) is 5.82 Å². The summed E-state index contributed by atoms with van der Waals surface area (Å²) in [6, 6.07) is 8.41. The maximum absolute atomic E-state index is 4.74. The Bertz CT molecular complexity index is 956. The van der Waals surface area contributed by atoms with Crippen molar-refractivity contribution in [2.75, 3.05) is 24.5 Å². The molecule has 0 unspecified atom stereocenters. The predicted octanol–water partition coefficient (Wildman–Crippen LogP) is 3.19. The van der Waals surface area contributed by atoms with Crippen LogP contribution >= 0.6 is 11.3 Å². The summed E-state index contributed by atoms with van der Waals surface area (Å²) in [7, 11) is 0. The van der Waals surface area contributed by atoms with Crippen molar-refractivity contribution in [3.05, 3.63) is 42.4 Å². The molecule has 2 N–H and O–H groups in total. The fraction of sp³-hybridized carbons (Fsp3) is 0.316. The van der Waals surface area contributed by atoms with Gasteiger partial charge in [0.1, 0.15) is 10.8 Å². The summed E-state index contributed by atoms with van der Waals surface area (Å²) in [5, 5.41) is 0.971. The molecule has 132 valence electrons. The van der Waals surface area contributed by atoms with E-state index < -0.39 is 0 Å². The summed E-state index contributed by atoms with van der Waals surface area (Å²) < 4.78 is 1.10. The minimum absolute atomic E-state index is 0.775. The van der Waals surface area contributed by atoms with Gasteiger partial charge in [0.05, 0.1) is 10.4 Å². The summed E-state index contributed by atoms with van der Waals surface area (Å²) in [6.45, 7) is 3.00. The van der Waals surface area contributed by atoms with E-state index in [2.05, 4.69) is 45.0 Å². The van der Waals surface area contributed by atoms with Gasteiger partial charge in [0.2, 0.25) is 0 Å². The molecule has 0 atom stereocenters. The third-order valence-electron chi connectivity index (χ3n) is 4.88. The number of fused-ring (bicyclic) bond motifs is 1. The highest BCUT2D eigenvalue weighted by Crippen LogP contribution is 2.31. The van der Waals surface area contributed by atoms with Crippen LogP contribution in [0.25, 0.3) is 26.5 Å². The third kappa shape index (κ3) is 2.93. The molecule has 0 aromatic carbocycles. The Labute approximate surface area is 156 Å². The lowest BCUT2D eigenvalue weighted by Gasteiger charge is -2.27. The summed E-state index contributed by atoms with van der Waals surface area (Å²) in [5.41, 5.74) is 10.0. The van der Waals surface area contributed by atoms with Crippen LogP contribution in [0, 0.1) is 0 Å². The fourth-order valence-corrected chi connectivity index (χ4v) is 4.34. The molecule has 5 heterocycles. The van der Waals surface area contributed by atoms with Gasteiger partial charge in [-0.1, -0.05) is 0 Å². The van der Waals surface area contributed by atoms with E-state index >= 15 is 0 Å². The molecule has 1 fully saturated rings. The first-order chi connectivity index (χ1) is 12.9. The zero-order valence-corrected chi connectivity index (χ0v) is 15.2. The molecule has 0 aliphatic carbocycles. The first-order valence-corrected chi connectivity index (χ1v) is 9.85. The van der Waals surface area contributed by atoms with E-state index in [1.807, 2.05) is 12.4 Å². The van der Waals surface area contributed by atoms with E-state index in [1.165, 1.54) is 19.3 Å². The maximum atomic E-state index is 4.74. The number of hydrazine groups is 1. The van der Waals surface area contributed by atoms with E-state index in [9.17, 15) is 0 Å². The topological polar surface area (TPSA) is 66.0 Å². The Morgan fingerprint density at radius 1 is 1.00 bits per heavy atom. The molecule has 7 heteroatoms. The number of piperidine rings is 1. The molecule has 26 heavy (non-hydrogen) atoms. The molecule has 0 amide bonds. The molecule has 1 saturated heterocycles. The number of rotatable bonds is 3. The molecule has 6 nitrogen and oxygen atoms in total. The van der Waals surface area contributed by atoms with Gasteiger partial charge >= 0.3 is 0 Å². The zero-order valence-electron chi connectivity index (χ0n) is 14.4. The fourth-order valence-electron chi connectivity index (χ4n) is 3.44. The average Bonchev–Trinajstić information content (AvgIpc) is 3.38. The Morgan fingerprint density at radius 3 is 2.69 bits per heavy atom. The minimum atomic E-state index is 0.775. The summed E-state index contributed by atoms with van der Waals surface area (Å²) in [5.74, 6) is 1.07. The van der Waals surface area contributed by atoms with Crippen molar-refractivity contribution in [2.24, 2.45) is 0 Å². The van der Waals surface area contributed by atoms with Crippen molar-refractivity contribution >= 4 is 33.1 Å². The van der Waals surface area contributed by atoms with Gasteiger partial charge in [-0.3, -0.25) is 0 Å². The second kappa shape index (κ2) is 6.66. The number of aromatic nitrogens is 3. The van der Waals surface area contributed by atoms with Gasteiger partial charge in [0, 0.05) is 43.2 Å². The van der Waals surface area contributed by atoms with Gasteiger partial charge in [0.25, 0.3) is 0 Å². The van der Waals surface area contributed by atoms with E-state index in [0.717, 1.165) is 57.6 Å². The first-order valence-electron chi connectivity index (χ1n) is 9.04. The highest BCUT2D eigenvalue weighted by Gasteiger charge is 2.14. The monoisotopic (exact) mass is 364 g/mol. The number of nitrogens with zero attached hydrogens (tertiary/aromatic N) is 4. The van der Waals surface area contributed by atoms with Gasteiger partial charge < -0.3 is 10.3 Å². The second-order valence-electron chi connectivity index (χ2n) is 6.66. The lowest BCUT2D eigenvalue weighted by Crippen LogP contribution is -2.29. The summed E-state index contributed by atoms with van der Waals surface area (Å²) >= 11 is 1.67. The Balaban J connectivity index is 1.43. The quantitative estimate of drug-likeness (QED) is 0.744. The van der Waals surface area contributed by atoms with Gasteiger partial charge in [-0.2, -0.15) is 0 Å². The summed E-state index contributed by atoms with van der Waals surface area (Å²) in [4.78, 5) is 16.5. The zero-order chi connectivity index (χ0) is 17.3. The Hall–Kier alpha value is -2.51. The lowest BCUT2D eigenvalue weighted by atomic mass is 10.1. The Kier molecular flexibility index (Phi) is 4.03. The maximum Gasteiger partial charge on any atom is 0.171 e. The number of nitrogens with one attached hydrogen (secondary N) is 2. The molecular weight excluding hydrogens is 344 g/mol. The number of hydrogen-bond donors (Lipinski definition) is 2. The standard InChI is InChI=1S/C19H20N6S/c1-2-8-25(9-3-1)17-7-4-13(10-20-17)19-24-18-16(26-19)6-5-15(23-18)14-11-21-22-12-14/h4-7,10-11,21-22H,1-3,8-9,12H2. The van der Waals surface area contributed by atoms with Gasteiger partial charge in [0.15, 0.2) is 5.65 Å². The molecular formula is C19H20N6S. The van der Waals surface area contributed by atoms with Gasteiger partial charge in [-0.15, -0.1) is 11.3 Å². The van der Waals surface area contributed by atoms with Crippen LogP contribution in [0.2, 0.25) is 0 Å². The van der Waals surface area contributed by atoms with Crippen LogP contribution < -0.4 is 15.8 Å². The molecule has 3 aromatic heterocycles. The lowest BCUT2D eigenvalue weighted by molar-refractivity contribution is 0.573. The molecule has 3 aromatic rings. The van der Waals surface area contributed by atoms with Crippen LogP contribution in [0.15, 0.2) is 36.7 Å². The van der Waals surface area contributed by atoms with Crippen LogP contribution in [0.5, 0.6) is 0 Å². The van der Waals surface area contributed by atoms with E-state index in [-0.39, 0.29) is 0 Å². The largest absolute Gasteiger partial charge is 0.357 e. The molecule has 0 bridgehead atoms. The van der Waals surface area contributed by atoms with Crippen molar-refractivity contribution in [3.8, 4) is 10.6 Å². The second-order valence-corrected chi connectivity index (χ2v) is 7.69. The molecule has 5 rings (SSSR count). The summed E-state index contributed by atoms with van der Waals surface area (Å²) in [6.07, 6.45) is 7.74. The molecule has 0 spiro atoms. The van der Waals surface area contributed by atoms with Crippen LogP contribution in [0.1, 0.15) is 25.0 Å². The van der Waals surface area contributed by atoms with E-state index in [1.54, 1.807) is 11.3 Å². The minimum Gasteiger partial charge on any atom is -0.357 e.